The molecule has 0 spiro atoms. The predicted octanol–water partition coefficient (Wildman–Crippen LogP) is 6.48. The highest BCUT2D eigenvalue weighted by Gasteiger charge is 2.14. The summed E-state index contributed by atoms with van der Waals surface area (Å²) in [5, 5.41) is 2.36. The van der Waals surface area contributed by atoms with Gasteiger partial charge in [0.25, 0.3) is 0 Å². The number of benzene rings is 1. The molecule has 0 aliphatic heterocycles. The van der Waals surface area contributed by atoms with Crippen LogP contribution in [0.15, 0.2) is 55.1 Å². The number of H-pyrrole nitrogens is 1. The van der Waals surface area contributed by atoms with Crippen LogP contribution in [0, 0.1) is 5.82 Å². The fourth-order valence-corrected chi connectivity index (χ4v) is 2.98. The summed E-state index contributed by atoms with van der Waals surface area (Å²) in [6.45, 7) is 10.6. The highest BCUT2D eigenvalue weighted by molar-refractivity contribution is 5.94. The molecule has 0 unspecified atom stereocenters. The lowest BCUT2D eigenvalue weighted by molar-refractivity contribution is -0.115. The first-order chi connectivity index (χ1) is 16.6. The number of nitrogens with one attached hydrogen (secondary N) is 2. The van der Waals surface area contributed by atoms with E-state index in [-0.39, 0.29) is 23.3 Å². The minimum Gasteiger partial charge on any atom is -0.473 e. The van der Waals surface area contributed by atoms with Gasteiger partial charge in [-0.15, -0.1) is 0 Å². The number of ketones is 1. The van der Waals surface area contributed by atoms with Crippen molar-refractivity contribution in [2.75, 3.05) is 7.05 Å². The lowest BCUT2D eigenvalue weighted by atomic mass is 10.1. The van der Waals surface area contributed by atoms with Crippen LogP contribution in [0.25, 0.3) is 11.3 Å². The normalized spacial score (nSPS) is 11.2. The summed E-state index contributed by atoms with van der Waals surface area (Å²) in [7, 11) is 1.54. The molecule has 2 N–H and O–H groups in total. The number of nitrogens with zero attached hydrogens (tertiary/aromatic N) is 1. The van der Waals surface area contributed by atoms with Crippen LogP contribution < -0.4 is 5.32 Å². The van der Waals surface area contributed by atoms with E-state index in [2.05, 4.69) is 21.9 Å². The largest absolute Gasteiger partial charge is 0.473 e. The van der Waals surface area contributed by atoms with Crippen molar-refractivity contribution in [2.24, 2.45) is 0 Å². The zero-order valence-corrected chi connectivity index (χ0v) is 21.4. The molecule has 0 fully saturated rings. The first-order valence-corrected chi connectivity index (χ1v) is 11.7. The number of aromatic nitrogens is 2. The van der Waals surface area contributed by atoms with Crippen molar-refractivity contribution < 1.29 is 23.5 Å². The molecule has 2 aromatic rings. The van der Waals surface area contributed by atoms with E-state index < -0.39 is 0 Å². The lowest BCUT2D eigenvalue weighted by Crippen LogP contribution is -2.30. The SMILES string of the molecule is C=CO/C=C(\C)C(=O)CCCCCCc1ncc(-c2ccccc2F)[nH]1.CNC(=O)OC(C)(C)C. The van der Waals surface area contributed by atoms with Crippen LogP contribution in [-0.4, -0.2) is 34.5 Å². The van der Waals surface area contributed by atoms with Gasteiger partial charge in [-0.25, -0.2) is 14.2 Å². The number of ether oxygens (including phenoxy) is 2. The van der Waals surface area contributed by atoms with Crippen LogP contribution in [0.4, 0.5) is 9.18 Å². The lowest BCUT2D eigenvalue weighted by Gasteiger charge is -2.18. The molecular weight excluding hydrogens is 449 g/mol. The second-order valence-corrected chi connectivity index (χ2v) is 8.92. The maximum Gasteiger partial charge on any atom is 0.407 e. The van der Waals surface area contributed by atoms with Gasteiger partial charge in [0.1, 0.15) is 17.2 Å². The Bertz CT molecular complexity index is 977. The minimum atomic E-state index is -0.389. The van der Waals surface area contributed by atoms with Crippen LogP contribution in [0.5, 0.6) is 0 Å². The maximum atomic E-state index is 13.8. The molecule has 0 saturated carbocycles. The van der Waals surface area contributed by atoms with Gasteiger partial charge in [-0.2, -0.15) is 0 Å². The van der Waals surface area contributed by atoms with Crippen LogP contribution in [0.2, 0.25) is 0 Å². The summed E-state index contributed by atoms with van der Waals surface area (Å²) in [6.07, 6.45) is 9.20. The molecule has 2 rings (SSSR count). The summed E-state index contributed by atoms with van der Waals surface area (Å²) >= 11 is 0. The fourth-order valence-electron chi connectivity index (χ4n) is 2.98. The third-order valence-electron chi connectivity index (χ3n) is 4.74. The molecule has 8 heteroatoms. The number of alkyl carbamates (subject to hydrolysis) is 1. The van der Waals surface area contributed by atoms with Gasteiger partial charge in [-0.05, 0) is 52.7 Å². The van der Waals surface area contributed by atoms with Gasteiger partial charge >= 0.3 is 6.09 Å². The number of aryl methyl sites for hydroxylation is 1. The number of hydrogen-bond donors (Lipinski definition) is 2. The van der Waals surface area contributed by atoms with Gasteiger partial charge in [0, 0.05) is 31.0 Å². The van der Waals surface area contributed by atoms with Crippen molar-refractivity contribution in [1.82, 2.24) is 15.3 Å². The van der Waals surface area contributed by atoms with E-state index >= 15 is 0 Å². The number of hydrogen-bond acceptors (Lipinski definition) is 5. The average Bonchev–Trinajstić information content (AvgIpc) is 3.27. The zero-order valence-electron chi connectivity index (χ0n) is 21.4. The van der Waals surface area contributed by atoms with Crippen LogP contribution in [0.3, 0.4) is 0 Å². The quantitative estimate of drug-likeness (QED) is 0.215. The molecule has 1 heterocycles. The Morgan fingerprint density at radius 3 is 2.46 bits per heavy atom. The second-order valence-electron chi connectivity index (χ2n) is 8.92. The minimum absolute atomic E-state index is 0.104. The molecule has 0 radical (unpaired) electrons. The van der Waals surface area contributed by atoms with Gasteiger partial charge in [-0.1, -0.05) is 31.6 Å². The topological polar surface area (TPSA) is 93.3 Å². The molecular formula is C27H38FN3O4. The molecule has 7 nitrogen and oxygen atoms in total. The molecule has 192 valence electrons. The first kappa shape index (κ1) is 29.6. The van der Waals surface area contributed by atoms with E-state index in [1.807, 2.05) is 20.8 Å². The number of Topliss-reactive ketones (excluding diaryl/α,β-unsaturated/α-hetero) is 1. The number of amides is 1. The van der Waals surface area contributed by atoms with E-state index in [4.69, 9.17) is 9.47 Å². The number of imidazole rings is 1. The number of carbonyl (C=O) groups is 2. The summed E-state index contributed by atoms with van der Waals surface area (Å²) in [4.78, 5) is 29.8. The van der Waals surface area contributed by atoms with Gasteiger partial charge in [0.15, 0.2) is 5.78 Å². The van der Waals surface area contributed by atoms with Gasteiger partial charge < -0.3 is 19.8 Å². The first-order valence-electron chi connectivity index (χ1n) is 11.7. The molecule has 0 bridgehead atoms. The average molecular weight is 488 g/mol. The van der Waals surface area contributed by atoms with Crippen molar-refractivity contribution >= 4 is 11.9 Å². The highest BCUT2D eigenvalue weighted by atomic mass is 19.1. The Balaban J connectivity index is 0.000000579. The van der Waals surface area contributed by atoms with Crippen molar-refractivity contribution in [3.63, 3.8) is 0 Å². The second kappa shape index (κ2) is 15.5. The van der Waals surface area contributed by atoms with Gasteiger partial charge in [-0.3, -0.25) is 4.79 Å². The Labute approximate surface area is 207 Å². The number of aromatic amines is 1. The zero-order chi connectivity index (χ0) is 26.3. The van der Waals surface area contributed by atoms with Crippen molar-refractivity contribution in [3.8, 4) is 11.3 Å². The number of unbranched alkanes of at least 4 members (excludes halogenated alkanes) is 3. The maximum absolute atomic E-state index is 13.8. The van der Waals surface area contributed by atoms with Crippen LogP contribution in [0.1, 0.15) is 65.6 Å². The summed E-state index contributed by atoms with van der Waals surface area (Å²) in [6, 6.07) is 6.66. The highest BCUT2D eigenvalue weighted by Crippen LogP contribution is 2.21. The van der Waals surface area contributed by atoms with E-state index in [0.29, 0.717) is 23.3 Å². The number of allylic oxidation sites excluding steroid dienone is 1. The molecule has 1 aromatic heterocycles. The van der Waals surface area contributed by atoms with E-state index in [9.17, 15) is 14.0 Å². The van der Waals surface area contributed by atoms with Gasteiger partial charge in [0.2, 0.25) is 0 Å². The van der Waals surface area contributed by atoms with Crippen LogP contribution in [-0.2, 0) is 20.7 Å². The number of carbonyl (C=O) groups excluding carboxylic acids is 2. The van der Waals surface area contributed by atoms with Crippen LogP contribution >= 0.6 is 0 Å². The molecule has 1 amide bonds. The van der Waals surface area contributed by atoms with E-state index in [0.717, 1.165) is 37.9 Å². The molecule has 1 aromatic carbocycles. The Morgan fingerprint density at radius 2 is 1.86 bits per heavy atom. The number of halogens is 1. The molecule has 0 saturated heterocycles. The summed E-state index contributed by atoms with van der Waals surface area (Å²) < 4.78 is 23.5. The number of rotatable bonds is 11. The van der Waals surface area contributed by atoms with E-state index in [1.165, 1.54) is 25.6 Å². The fraction of sp³-hybridized carbons (Fsp3) is 0.444. The third kappa shape index (κ3) is 12.6. The third-order valence-corrected chi connectivity index (χ3v) is 4.74. The molecule has 0 aliphatic carbocycles. The van der Waals surface area contributed by atoms with Crippen molar-refractivity contribution in [2.45, 2.75) is 71.8 Å². The monoisotopic (exact) mass is 487 g/mol. The standard InChI is InChI=1S/C21H25FN2O2.C6H13NO2/c1-3-26-15-16(2)20(25)12-6-4-5-7-13-21-23-14-19(24-21)17-10-8-9-11-18(17)22;1-6(2,3)9-5(8)7-4/h3,8-11,14-15H,1,4-7,12-13H2,2H3,(H,23,24);1-4H3,(H,7,8)/b16-15+;. The molecule has 0 atom stereocenters. The van der Waals surface area contributed by atoms with Crippen molar-refractivity contribution in [1.29, 1.82) is 0 Å². The Morgan fingerprint density at radius 1 is 1.17 bits per heavy atom. The smallest absolute Gasteiger partial charge is 0.407 e. The van der Waals surface area contributed by atoms with Crippen molar-refractivity contribution in [3.05, 3.63) is 66.8 Å². The summed E-state index contributed by atoms with van der Waals surface area (Å²) in [5.41, 5.74) is 1.46. The van der Waals surface area contributed by atoms with Gasteiger partial charge in [0.05, 0.1) is 24.4 Å². The Hall–Kier alpha value is -3.42. The Kier molecular flexibility index (Phi) is 13.1. The molecule has 35 heavy (non-hydrogen) atoms. The summed E-state index contributed by atoms with van der Waals surface area (Å²) in [5.74, 6) is 0.710. The molecule has 0 aliphatic rings. The predicted molar refractivity (Wildman–Crippen MR) is 136 cm³/mol. The van der Waals surface area contributed by atoms with E-state index in [1.54, 1.807) is 31.3 Å².